The van der Waals surface area contributed by atoms with Crippen LogP contribution in [-0.2, 0) is 29.7 Å². The van der Waals surface area contributed by atoms with Gasteiger partial charge in [-0.25, -0.2) is 22.5 Å². The second kappa shape index (κ2) is 12.7. The van der Waals surface area contributed by atoms with Gasteiger partial charge in [-0.1, -0.05) is 43.3 Å². The molecule has 0 atom stereocenters. The Hall–Kier alpha value is -3.31. The molecule has 1 N–H and O–H groups in total. The van der Waals surface area contributed by atoms with Gasteiger partial charge >= 0.3 is 5.97 Å². The molecule has 0 bridgehead atoms. The standard InChI is InChI=1S/C29H37N5O4S/c1-4-32(21-25-11-13-26(14-12-25)39(37,38)31(2)3)20-23-7-9-24(10-8-23)22-33-16-18-34(19-17-33)28-27(29(35)36)6-5-15-30-28/h5-15H,4,16-22H2,1-3H3,(H,35,36). The molecule has 9 nitrogen and oxygen atoms in total. The first-order chi connectivity index (χ1) is 18.7. The lowest BCUT2D eigenvalue weighted by atomic mass is 10.1. The highest BCUT2D eigenvalue weighted by molar-refractivity contribution is 7.89. The Balaban J connectivity index is 1.29. The molecule has 0 spiro atoms. The molecule has 1 fully saturated rings. The van der Waals surface area contributed by atoms with Crippen LogP contribution in [0.2, 0.25) is 0 Å². The summed E-state index contributed by atoms with van der Waals surface area (Å²) in [5, 5.41) is 9.46. The first kappa shape index (κ1) is 28.7. The van der Waals surface area contributed by atoms with Crippen molar-refractivity contribution in [2.45, 2.75) is 31.5 Å². The van der Waals surface area contributed by atoms with Crippen molar-refractivity contribution in [2.75, 3.05) is 51.7 Å². The Morgan fingerprint density at radius 1 is 0.897 bits per heavy atom. The normalized spacial score (nSPS) is 14.7. The smallest absolute Gasteiger partial charge is 0.339 e. The topological polar surface area (TPSA) is 97.3 Å². The van der Waals surface area contributed by atoms with E-state index in [1.165, 1.54) is 29.5 Å². The summed E-state index contributed by atoms with van der Waals surface area (Å²) >= 11 is 0. The van der Waals surface area contributed by atoms with E-state index in [0.717, 1.165) is 57.9 Å². The van der Waals surface area contributed by atoms with Crippen LogP contribution in [0.3, 0.4) is 0 Å². The monoisotopic (exact) mass is 551 g/mol. The van der Waals surface area contributed by atoms with Crippen molar-refractivity contribution in [3.05, 3.63) is 89.1 Å². The Kier molecular flexibility index (Phi) is 9.34. The summed E-state index contributed by atoms with van der Waals surface area (Å²) in [4.78, 5) is 22.9. The van der Waals surface area contributed by atoms with E-state index in [-0.39, 0.29) is 5.56 Å². The van der Waals surface area contributed by atoms with E-state index in [0.29, 0.717) is 10.7 Å². The van der Waals surface area contributed by atoms with Crippen LogP contribution in [-0.4, -0.2) is 85.4 Å². The summed E-state index contributed by atoms with van der Waals surface area (Å²) in [7, 11) is -0.348. The number of carboxylic acids is 1. The number of nitrogens with zero attached hydrogens (tertiary/aromatic N) is 5. The van der Waals surface area contributed by atoms with Crippen molar-refractivity contribution in [1.29, 1.82) is 0 Å². The average Bonchev–Trinajstić information content (AvgIpc) is 2.94. The molecule has 10 heteroatoms. The molecule has 0 aliphatic carbocycles. The van der Waals surface area contributed by atoms with Gasteiger partial charge in [0, 0.05) is 66.1 Å². The Labute approximate surface area is 231 Å². The fourth-order valence-corrected chi connectivity index (χ4v) is 5.62. The van der Waals surface area contributed by atoms with E-state index in [2.05, 4.69) is 50.9 Å². The van der Waals surface area contributed by atoms with Crippen molar-refractivity contribution in [3.8, 4) is 0 Å². The van der Waals surface area contributed by atoms with Crippen LogP contribution >= 0.6 is 0 Å². The Morgan fingerprint density at radius 2 is 1.46 bits per heavy atom. The van der Waals surface area contributed by atoms with Gasteiger partial charge in [-0.3, -0.25) is 9.80 Å². The number of hydrogen-bond donors (Lipinski definition) is 1. The Morgan fingerprint density at radius 3 is 2.00 bits per heavy atom. The van der Waals surface area contributed by atoms with Gasteiger partial charge in [0.2, 0.25) is 10.0 Å². The highest BCUT2D eigenvalue weighted by Crippen LogP contribution is 2.20. The third-order valence-corrected chi connectivity index (χ3v) is 8.91. The predicted octanol–water partition coefficient (Wildman–Crippen LogP) is 3.37. The molecule has 3 aromatic rings. The fraction of sp³-hybridized carbons (Fsp3) is 0.379. The number of hydrogen-bond acceptors (Lipinski definition) is 7. The zero-order chi connectivity index (χ0) is 28.0. The second-order valence-corrected chi connectivity index (χ2v) is 12.1. The summed E-state index contributed by atoms with van der Waals surface area (Å²) in [6, 6.07) is 19.1. The molecule has 1 aliphatic rings. The highest BCUT2D eigenvalue weighted by atomic mass is 32.2. The van der Waals surface area contributed by atoms with E-state index in [4.69, 9.17) is 0 Å². The molecule has 0 unspecified atom stereocenters. The minimum Gasteiger partial charge on any atom is -0.478 e. The zero-order valence-electron chi connectivity index (χ0n) is 22.8. The maximum atomic E-state index is 12.3. The van der Waals surface area contributed by atoms with Crippen LogP contribution in [0.15, 0.2) is 71.8 Å². The quantitative estimate of drug-likeness (QED) is 0.388. The molecule has 0 saturated carbocycles. The van der Waals surface area contributed by atoms with E-state index < -0.39 is 16.0 Å². The summed E-state index contributed by atoms with van der Waals surface area (Å²) in [6.07, 6.45) is 1.64. The molecular weight excluding hydrogens is 514 g/mol. The van der Waals surface area contributed by atoms with E-state index in [9.17, 15) is 18.3 Å². The van der Waals surface area contributed by atoms with Crippen molar-refractivity contribution in [2.24, 2.45) is 0 Å². The van der Waals surface area contributed by atoms with Crippen molar-refractivity contribution in [3.63, 3.8) is 0 Å². The van der Waals surface area contributed by atoms with Crippen LogP contribution < -0.4 is 4.90 Å². The van der Waals surface area contributed by atoms with E-state index >= 15 is 0 Å². The number of sulfonamides is 1. The largest absolute Gasteiger partial charge is 0.478 e. The first-order valence-electron chi connectivity index (χ1n) is 13.1. The lowest BCUT2D eigenvalue weighted by Gasteiger charge is -2.35. The summed E-state index contributed by atoms with van der Waals surface area (Å²) in [5.41, 5.74) is 3.80. The average molecular weight is 552 g/mol. The van der Waals surface area contributed by atoms with E-state index in [1.54, 1.807) is 30.5 Å². The molecule has 1 aromatic heterocycles. The van der Waals surface area contributed by atoms with Gasteiger partial charge in [-0.05, 0) is 47.5 Å². The molecule has 2 aromatic carbocycles. The number of piperazine rings is 1. The summed E-state index contributed by atoms with van der Waals surface area (Å²) in [6.45, 7) is 8.57. The fourth-order valence-electron chi connectivity index (χ4n) is 4.72. The number of anilines is 1. The van der Waals surface area contributed by atoms with Crippen LogP contribution in [0, 0.1) is 0 Å². The summed E-state index contributed by atoms with van der Waals surface area (Å²) < 4.78 is 25.8. The van der Waals surface area contributed by atoms with Crippen molar-refractivity contribution in [1.82, 2.24) is 19.1 Å². The van der Waals surface area contributed by atoms with Gasteiger partial charge in [0.15, 0.2) is 0 Å². The minimum absolute atomic E-state index is 0.247. The number of rotatable bonds is 11. The van der Waals surface area contributed by atoms with Crippen LogP contribution in [0.5, 0.6) is 0 Å². The molecule has 4 rings (SSSR count). The third-order valence-electron chi connectivity index (χ3n) is 7.08. The highest BCUT2D eigenvalue weighted by Gasteiger charge is 2.22. The lowest BCUT2D eigenvalue weighted by molar-refractivity contribution is 0.0697. The zero-order valence-corrected chi connectivity index (χ0v) is 23.6. The Bertz CT molecular complexity index is 1350. The van der Waals surface area contributed by atoms with Gasteiger partial charge < -0.3 is 10.0 Å². The molecule has 0 radical (unpaired) electrons. The van der Waals surface area contributed by atoms with E-state index in [1.807, 2.05) is 12.1 Å². The molecule has 0 amide bonds. The lowest BCUT2D eigenvalue weighted by Crippen LogP contribution is -2.46. The molecule has 39 heavy (non-hydrogen) atoms. The van der Waals surface area contributed by atoms with Crippen LogP contribution in [0.4, 0.5) is 5.82 Å². The number of benzene rings is 2. The maximum Gasteiger partial charge on any atom is 0.339 e. The molecular formula is C29H37N5O4S. The van der Waals surface area contributed by atoms with Crippen molar-refractivity contribution < 1.29 is 18.3 Å². The SMILES string of the molecule is CCN(Cc1ccc(CN2CCN(c3ncccc3C(=O)O)CC2)cc1)Cc1ccc(S(=O)(=O)N(C)C)cc1. The van der Waals surface area contributed by atoms with Gasteiger partial charge in [-0.15, -0.1) is 0 Å². The van der Waals surface area contributed by atoms with Crippen LogP contribution in [0.1, 0.15) is 34.0 Å². The van der Waals surface area contributed by atoms with Gasteiger partial charge in [0.05, 0.1) is 4.90 Å². The minimum atomic E-state index is -3.42. The number of carboxylic acid groups (broad SMARTS) is 1. The number of aromatic carboxylic acids is 1. The third kappa shape index (κ3) is 7.21. The first-order valence-corrected chi connectivity index (χ1v) is 14.6. The van der Waals surface area contributed by atoms with Crippen LogP contribution in [0.25, 0.3) is 0 Å². The van der Waals surface area contributed by atoms with Gasteiger partial charge in [0.1, 0.15) is 11.4 Å². The number of pyridine rings is 1. The maximum absolute atomic E-state index is 12.3. The molecule has 2 heterocycles. The second-order valence-electron chi connectivity index (χ2n) is 9.99. The molecule has 1 saturated heterocycles. The molecule has 1 aliphatic heterocycles. The van der Waals surface area contributed by atoms with Gasteiger partial charge in [0.25, 0.3) is 0 Å². The number of aromatic nitrogens is 1. The summed E-state index contributed by atoms with van der Waals surface area (Å²) in [5.74, 6) is -0.403. The predicted molar refractivity (Wildman–Crippen MR) is 152 cm³/mol. The van der Waals surface area contributed by atoms with Crippen molar-refractivity contribution >= 4 is 21.8 Å². The molecule has 208 valence electrons. The van der Waals surface area contributed by atoms with Gasteiger partial charge in [-0.2, -0.15) is 0 Å². The number of carbonyl (C=O) groups is 1.